The topological polar surface area (TPSA) is 94.5 Å². The van der Waals surface area contributed by atoms with Gasteiger partial charge in [-0.3, -0.25) is 0 Å². The number of rotatable bonds is 3. The molecule has 3 amide bonds. The number of carbonyl (C=O) groups excluding carboxylic acids is 2. The molecular weight excluding hydrogens is 344 g/mol. The normalized spacial score (nSPS) is 15.6. The first-order valence-electron chi connectivity index (χ1n) is 8.22. The molecule has 0 spiro atoms. The molecule has 2 N–H and O–H groups in total. The van der Waals surface area contributed by atoms with Crippen molar-refractivity contribution in [2.45, 2.75) is 44.6 Å². The van der Waals surface area contributed by atoms with Gasteiger partial charge in [0.25, 0.3) is 0 Å². The standard InChI is InChI=1S/C17H21ClN4O3/c1-2-25-16(24)21-22(17(12-19)10-4-3-5-11-17)15(23)20-14-8-6-13(18)7-9-14/h6-9H,2-5,10-11H2,1H3,(H,20,23)(H,21,24). The molecular formula is C17H21ClN4O3. The highest BCUT2D eigenvalue weighted by molar-refractivity contribution is 6.30. The Morgan fingerprint density at radius 2 is 1.92 bits per heavy atom. The van der Waals surface area contributed by atoms with E-state index in [9.17, 15) is 14.9 Å². The molecule has 25 heavy (non-hydrogen) atoms. The van der Waals surface area contributed by atoms with Gasteiger partial charge in [0.05, 0.1) is 12.7 Å². The fourth-order valence-electron chi connectivity index (χ4n) is 2.84. The Balaban J connectivity index is 2.23. The summed E-state index contributed by atoms with van der Waals surface area (Å²) in [5.74, 6) is 0. The van der Waals surface area contributed by atoms with E-state index in [-0.39, 0.29) is 6.61 Å². The Hall–Kier alpha value is -2.46. The van der Waals surface area contributed by atoms with Crippen LogP contribution in [0.1, 0.15) is 39.0 Å². The molecule has 1 aromatic rings. The first-order chi connectivity index (χ1) is 12.0. The fourth-order valence-corrected chi connectivity index (χ4v) is 2.97. The summed E-state index contributed by atoms with van der Waals surface area (Å²) in [4.78, 5) is 24.6. The number of benzene rings is 1. The second kappa shape index (κ2) is 8.58. The number of hydrogen-bond acceptors (Lipinski definition) is 4. The summed E-state index contributed by atoms with van der Waals surface area (Å²) in [5, 5.41) is 14.0. The van der Waals surface area contributed by atoms with Gasteiger partial charge < -0.3 is 10.1 Å². The Bertz CT molecular complexity index is 651. The molecule has 1 aliphatic carbocycles. The lowest BCUT2D eigenvalue weighted by atomic mass is 9.82. The Labute approximate surface area is 151 Å². The minimum atomic E-state index is -1.10. The van der Waals surface area contributed by atoms with E-state index in [2.05, 4.69) is 16.8 Å². The lowest BCUT2D eigenvalue weighted by Crippen LogP contribution is -2.61. The summed E-state index contributed by atoms with van der Waals surface area (Å²) < 4.78 is 4.87. The van der Waals surface area contributed by atoms with Crippen molar-refractivity contribution >= 4 is 29.4 Å². The molecule has 0 unspecified atom stereocenters. The molecule has 0 radical (unpaired) electrons. The fraction of sp³-hybridized carbons (Fsp3) is 0.471. The van der Waals surface area contributed by atoms with E-state index in [0.29, 0.717) is 23.6 Å². The molecule has 0 heterocycles. The number of ether oxygens (including phenoxy) is 1. The first-order valence-corrected chi connectivity index (χ1v) is 8.60. The van der Waals surface area contributed by atoms with E-state index in [1.165, 1.54) is 0 Å². The number of nitrogens with zero attached hydrogens (tertiary/aromatic N) is 2. The van der Waals surface area contributed by atoms with Crippen LogP contribution < -0.4 is 10.7 Å². The van der Waals surface area contributed by atoms with Crippen LogP contribution in [0.25, 0.3) is 0 Å². The van der Waals surface area contributed by atoms with E-state index in [1.54, 1.807) is 31.2 Å². The maximum Gasteiger partial charge on any atom is 0.426 e. The summed E-state index contributed by atoms with van der Waals surface area (Å²) in [6.07, 6.45) is 2.82. The van der Waals surface area contributed by atoms with Crippen molar-refractivity contribution in [2.24, 2.45) is 0 Å². The molecule has 1 fully saturated rings. The number of halogens is 1. The zero-order valence-corrected chi connectivity index (χ0v) is 14.8. The van der Waals surface area contributed by atoms with Gasteiger partial charge in [0.2, 0.25) is 0 Å². The lowest BCUT2D eigenvalue weighted by molar-refractivity contribution is 0.0673. The Kier molecular flexibility index (Phi) is 6.48. The Morgan fingerprint density at radius 1 is 1.28 bits per heavy atom. The van der Waals surface area contributed by atoms with E-state index in [1.807, 2.05) is 0 Å². The quantitative estimate of drug-likeness (QED) is 0.790. The molecule has 8 heteroatoms. The lowest BCUT2D eigenvalue weighted by Gasteiger charge is -2.40. The number of nitriles is 1. The van der Waals surface area contributed by atoms with Crippen molar-refractivity contribution in [2.75, 3.05) is 11.9 Å². The molecule has 134 valence electrons. The van der Waals surface area contributed by atoms with Crippen LogP contribution in [0.5, 0.6) is 0 Å². The molecule has 0 aromatic heterocycles. The van der Waals surface area contributed by atoms with Gasteiger partial charge in [-0.05, 0) is 56.9 Å². The van der Waals surface area contributed by atoms with Crippen molar-refractivity contribution < 1.29 is 14.3 Å². The van der Waals surface area contributed by atoms with Crippen LogP contribution in [-0.4, -0.2) is 29.3 Å². The largest absolute Gasteiger partial charge is 0.449 e. The van der Waals surface area contributed by atoms with Gasteiger partial charge in [0.1, 0.15) is 0 Å². The molecule has 1 saturated carbocycles. The highest BCUT2D eigenvalue weighted by Gasteiger charge is 2.43. The molecule has 1 aromatic carbocycles. The highest BCUT2D eigenvalue weighted by atomic mass is 35.5. The summed E-state index contributed by atoms with van der Waals surface area (Å²) in [6, 6.07) is 8.18. The zero-order chi connectivity index (χ0) is 18.3. The number of nitrogens with one attached hydrogen (secondary N) is 2. The average molecular weight is 365 g/mol. The molecule has 0 aliphatic heterocycles. The van der Waals surface area contributed by atoms with Crippen LogP contribution in [0.4, 0.5) is 15.3 Å². The van der Waals surface area contributed by atoms with Crippen molar-refractivity contribution in [1.29, 1.82) is 5.26 Å². The second-order valence-corrected chi connectivity index (χ2v) is 6.25. The Morgan fingerprint density at radius 3 is 2.48 bits per heavy atom. The van der Waals surface area contributed by atoms with Crippen LogP contribution in [-0.2, 0) is 4.74 Å². The molecule has 0 saturated heterocycles. The monoisotopic (exact) mass is 364 g/mol. The number of hydrogen-bond donors (Lipinski definition) is 2. The third kappa shape index (κ3) is 4.77. The van der Waals surface area contributed by atoms with Crippen molar-refractivity contribution in [1.82, 2.24) is 10.4 Å². The third-order valence-electron chi connectivity index (χ3n) is 4.09. The molecule has 0 atom stereocenters. The van der Waals surface area contributed by atoms with Gasteiger partial charge in [-0.1, -0.05) is 18.0 Å². The van der Waals surface area contributed by atoms with Crippen molar-refractivity contribution in [3.8, 4) is 6.07 Å². The van der Waals surface area contributed by atoms with E-state index >= 15 is 0 Å². The van der Waals surface area contributed by atoms with Gasteiger partial charge in [0, 0.05) is 10.7 Å². The second-order valence-electron chi connectivity index (χ2n) is 5.81. The maximum absolute atomic E-state index is 12.8. The van der Waals surface area contributed by atoms with E-state index in [0.717, 1.165) is 24.3 Å². The predicted octanol–water partition coefficient (Wildman–Crippen LogP) is 4.06. The van der Waals surface area contributed by atoms with E-state index < -0.39 is 17.7 Å². The van der Waals surface area contributed by atoms with Gasteiger partial charge in [-0.2, -0.15) is 5.26 Å². The molecule has 2 rings (SSSR count). The highest BCUT2D eigenvalue weighted by Crippen LogP contribution is 2.32. The van der Waals surface area contributed by atoms with Gasteiger partial charge in [-0.25, -0.2) is 20.0 Å². The van der Waals surface area contributed by atoms with Gasteiger partial charge in [-0.15, -0.1) is 0 Å². The number of amides is 3. The van der Waals surface area contributed by atoms with Crippen LogP contribution in [0.15, 0.2) is 24.3 Å². The summed E-state index contributed by atoms with van der Waals surface area (Å²) in [6.45, 7) is 1.83. The first kappa shape index (κ1) is 18.9. The van der Waals surface area contributed by atoms with Gasteiger partial charge in [0.15, 0.2) is 5.54 Å². The van der Waals surface area contributed by atoms with E-state index in [4.69, 9.17) is 16.3 Å². The molecule has 7 nitrogen and oxygen atoms in total. The number of anilines is 1. The average Bonchev–Trinajstić information content (AvgIpc) is 2.62. The number of urea groups is 1. The minimum absolute atomic E-state index is 0.165. The van der Waals surface area contributed by atoms with Crippen molar-refractivity contribution in [3.05, 3.63) is 29.3 Å². The molecule has 1 aliphatic rings. The smallest absolute Gasteiger partial charge is 0.426 e. The van der Waals surface area contributed by atoms with Crippen LogP contribution in [0.2, 0.25) is 5.02 Å². The third-order valence-corrected chi connectivity index (χ3v) is 4.35. The van der Waals surface area contributed by atoms with Crippen LogP contribution >= 0.6 is 11.6 Å². The SMILES string of the molecule is CCOC(=O)NN(C(=O)Nc1ccc(Cl)cc1)C1(C#N)CCCCC1. The van der Waals surface area contributed by atoms with Crippen LogP contribution in [0, 0.1) is 11.3 Å². The number of carbonyl (C=O) groups is 2. The summed E-state index contributed by atoms with van der Waals surface area (Å²) >= 11 is 5.84. The zero-order valence-electron chi connectivity index (χ0n) is 14.0. The van der Waals surface area contributed by atoms with Crippen LogP contribution in [0.3, 0.4) is 0 Å². The number of hydrazine groups is 1. The maximum atomic E-state index is 12.8. The van der Waals surface area contributed by atoms with Crippen molar-refractivity contribution in [3.63, 3.8) is 0 Å². The van der Waals surface area contributed by atoms with Gasteiger partial charge >= 0.3 is 12.1 Å². The predicted molar refractivity (Wildman–Crippen MR) is 93.9 cm³/mol. The summed E-state index contributed by atoms with van der Waals surface area (Å²) in [7, 11) is 0. The minimum Gasteiger partial charge on any atom is -0.449 e. The molecule has 0 bridgehead atoms. The summed E-state index contributed by atoms with van der Waals surface area (Å²) in [5.41, 5.74) is 1.83.